The standard InChI is InChI=1S/C21H28N4O2/c1-15-11-17(7-8-18(15)27-3)13-21(26)22-14-19-23-16(2)12-20(24-19)25-9-5-4-6-10-25/h7-8,11-12H,4-6,9-10,13-14H2,1-3H3,(H,22,26). The molecule has 2 aromatic rings. The third-order valence-corrected chi connectivity index (χ3v) is 4.83. The van der Waals surface area contributed by atoms with E-state index in [9.17, 15) is 4.79 Å². The summed E-state index contributed by atoms with van der Waals surface area (Å²) in [7, 11) is 1.65. The molecule has 0 unspecified atom stereocenters. The van der Waals surface area contributed by atoms with Gasteiger partial charge in [0.1, 0.15) is 17.4 Å². The fraction of sp³-hybridized carbons (Fsp3) is 0.476. The third kappa shape index (κ3) is 5.18. The summed E-state index contributed by atoms with van der Waals surface area (Å²) < 4.78 is 5.26. The molecule has 1 saturated heterocycles. The molecule has 27 heavy (non-hydrogen) atoms. The lowest BCUT2D eigenvalue weighted by atomic mass is 10.1. The van der Waals surface area contributed by atoms with Crippen LogP contribution in [-0.4, -0.2) is 36.1 Å². The lowest BCUT2D eigenvalue weighted by Gasteiger charge is -2.28. The summed E-state index contributed by atoms with van der Waals surface area (Å²) in [5, 5.41) is 2.94. The molecule has 0 aliphatic carbocycles. The van der Waals surface area contributed by atoms with E-state index < -0.39 is 0 Å². The summed E-state index contributed by atoms with van der Waals surface area (Å²) in [6.07, 6.45) is 4.02. The second-order valence-corrected chi connectivity index (χ2v) is 7.09. The van der Waals surface area contributed by atoms with Crippen molar-refractivity contribution >= 4 is 11.7 Å². The number of ether oxygens (including phenoxy) is 1. The number of aromatic nitrogens is 2. The van der Waals surface area contributed by atoms with Crippen LogP contribution in [0.4, 0.5) is 5.82 Å². The van der Waals surface area contributed by atoms with Crippen molar-refractivity contribution in [3.05, 3.63) is 46.9 Å². The highest BCUT2D eigenvalue weighted by Gasteiger charge is 2.14. The number of benzene rings is 1. The van der Waals surface area contributed by atoms with Crippen molar-refractivity contribution in [1.29, 1.82) is 0 Å². The first-order valence-electron chi connectivity index (χ1n) is 9.55. The SMILES string of the molecule is COc1ccc(CC(=O)NCc2nc(C)cc(N3CCCCC3)n2)cc1C. The normalized spacial score (nSPS) is 14.1. The van der Waals surface area contributed by atoms with Gasteiger partial charge in [-0.05, 0) is 50.3 Å². The van der Waals surface area contributed by atoms with Gasteiger partial charge in [-0.15, -0.1) is 0 Å². The van der Waals surface area contributed by atoms with Crippen molar-refractivity contribution < 1.29 is 9.53 Å². The first-order chi connectivity index (χ1) is 13.0. The number of piperidine rings is 1. The van der Waals surface area contributed by atoms with Gasteiger partial charge >= 0.3 is 0 Å². The molecule has 1 amide bonds. The minimum atomic E-state index is -0.0378. The Kier molecular flexibility index (Phi) is 6.27. The number of nitrogens with one attached hydrogen (secondary N) is 1. The lowest BCUT2D eigenvalue weighted by Crippen LogP contribution is -2.31. The molecule has 1 aliphatic heterocycles. The highest BCUT2D eigenvalue weighted by molar-refractivity contribution is 5.78. The number of anilines is 1. The molecule has 3 rings (SSSR count). The molecule has 6 nitrogen and oxygen atoms in total. The summed E-state index contributed by atoms with van der Waals surface area (Å²) >= 11 is 0. The van der Waals surface area contributed by atoms with E-state index in [1.54, 1.807) is 7.11 Å². The van der Waals surface area contributed by atoms with Crippen LogP contribution in [0.2, 0.25) is 0 Å². The molecule has 0 bridgehead atoms. The smallest absolute Gasteiger partial charge is 0.224 e. The van der Waals surface area contributed by atoms with Crippen molar-refractivity contribution in [2.75, 3.05) is 25.1 Å². The van der Waals surface area contributed by atoms with Crippen LogP contribution in [0.5, 0.6) is 5.75 Å². The topological polar surface area (TPSA) is 67.3 Å². The van der Waals surface area contributed by atoms with Crippen LogP contribution in [0.1, 0.15) is 41.9 Å². The molecule has 0 atom stereocenters. The van der Waals surface area contributed by atoms with Crippen molar-refractivity contribution in [2.45, 2.75) is 46.1 Å². The van der Waals surface area contributed by atoms with Gasteiger partial charge in [0.25, 0.3) is 0 Å². The predicted molar refractivity (Wildman–Crippen MR) is 106 cm³/mol. The highest BCUT2D eigenvalue weighted by atomic mass is 16.5. The number of aryl methyl sites for hydroxylation is 2. The van der Waals surface area contributed by atoms with E-state index in [4.69, 9.17) is 4.74 Å². The van der Waals surface area contributed by atoms with Gasteiger partial charge in [-0.2, -0.15) is 0 Å². The highest BCUT2D eigenvalue weighted by Crippen LogP contribution is 2.19. The van der Waals surface area contributed by atoms with Crippen LogP contribution >= 0.6 is 0 Å². The zero-order valence-electron chi connectivity index (χ0n) is 16.4. The van der Waals surface area contributed by atoms with E-state index in [1.807, 2.05) is 38.1 Å². The van der Waals surface area contributed by atoms with Gasteiger partial charge in [0.05, 0.1) is 20.1 Å². The van der Waals surface area contributed by atoms with Gasteiger partial charge in [0.15, 0.2) is 0 Å². The Hall–Kier alpha value is -2.63. The number of nitrogens with zero attached hydrogens (tertiary/aromatic N) is 3. The van der Waals surface area contributed by atoms with Gasteiger partial charge in [-0.3, -0.25) is 4.79 Å². The Bertz CT molecular complexity index is 801. The van der Waals surface area contributed by atoms with Crippen molar-refractivity contribution in [1.82, 2.24) is 15.3 Å². The van der Waals surface area contributed by atoms with Crippen molar-refractivity contribution in [3.63, 3.8) is 0 Å². The molecule has 1 fully saturated rings. The number of carbonyl (C=O) groups excluding carboxylic acids is 1. The van der Waals surface area contributed by atoms with Gasteiger partial charge < -0.3 is 15.0 Å². The van der Waals surface area contributed by atoms with Crippen molar-refractivity contribution in [2.24, 2.45) is 0 Å². The van der Waals surface area contributed by atoms with Crippen LogP contribution in [0.25, 0.3) is 0 Å². The maximum absolute atomic E-state index is 12.3. The quantitative estimate of drug-likeness (QED) is 0.849. The summed E-state index contributed by atoms with van der Waals surface area (Å²) in [5.41, 5.74) is 2.92. The number of carbonyl (C=O) groups is 1. The summed E-state index contributed by atoms with van der Waals surface area (Å²) in [6.45, 7) is 6.37. The zero-order chi connectivity index (χ0) is 19.2. The maximum atomic E-state index is 12.3. The maximum Gasteiger partial charge on any atom is 0.224 e. The number of methoxy groups -OCH3 is 1. The summed E-state index contributed by atoms with van der Waals surface area (Å²) in [5.74, 6) is 2.42. The van der Waals surface area contributed by atoms with Gasteiger partial charge in [0.2, 0.25) is 5.91 Å². The Morgan fingerprint density at radius 3 is 2.63 bits per heavy atom. The van der Waals surface area contributed by atoms with E-state index in [0.29, 0.717) is 18.8 Å². The van der Waals surface area contributed by atoms with Gasteiger partial charge in [-0.25, -0.2) is 9.97 Å². The second-order valence-electron chi connectivity index (χ2n) is 7.09. The fourth-order valence-electron chi connectivity index (χ4n) is 3.45. The van der Waals surface area contributed by atoms with Crippen LogP contribution in [0.3, 0.4) is 0 Å². The fourth-order valence-corrected chi connectivity index (χ4v) is 3.45. The number of hydrogen-bond donors (Lipinski definition) is 1. The molecule has 0 spiro atoms. The molecular formula is C21H28N4O2. The summed E-state index contributed by atoms with van der Waals surface area (Å²) in [4.78, 5) is 23.8. The van der Waals surface area contributed by atoms with E-state index in [0.717, 1.165) is 41.5 Å². The van der Waals surface area contributed by atoms with Crippen LogP contribution in [-0.2, 0) is 17.8 Å². The molecule has 6 heteroatoms. The minimum Gasteiger partial charge on any atom is -0.496 e. The van der Waals surface area contributed by atoms with Crippen LogP contribution in [0.15, 0.2) is 24.3 Å². The van der Waals surface area contributed by atoms with Gasteiger partial charge in [-0.1, -0.05) is 12.1 Å². The second kappa shape index (κ2) is 8.84. The molecule has 1 aromatic carbocycles. The average molecular weight is 368 g/mol. The van der Waals surface area contributed by atoms with Crippen LogP contribution in [0, 0.1) is 13.8 Å². The van der Waals surface area contributed by atoms with E-state index in [2.05, 4.69) is 20.2 Å². The van der Waals surface area contributed by atoms with Crippen molar-refractivity contribution in [3.8, 4) is 5.75 Å². The molecular weight excluding hydrogens is 340 g/mol. The molecule has 144 valence electrons. The van der Waals surface area contributed by atoms with Crippen LogP contribution < -0.4 is 15.0 Å². The minimum absolute atomic E-state index is 0.0378. The number of hydrogen-bond acceptors (Lipinski definition) is 5. The molecule has 0 saturated carbocycles. The lowest BCUT2D eigenvalue weighted by molar-refractivity contribution is -0.120. The third-order valence-electron chi connectivity index (χ3n) is 4.83. The largest absolute Gasteiger partial charge is 0.496 e. The Balaban J connectivity index is 1.59. The first-order valence-corrected chi connectivity index (χ1v) is 9.55. The number of rotatable bonds is 6. The van der Waals surface area contributed by atoms with Gasteiger partial charge in [0, 0.05) is 24.8 Å². The monoisotopic (exact) mass is 368 g/mol. The molecule has 1 aromatic heterocycles. The zero-order valence-corrected chi connectivity index (χ0v) is 16.4. The first kappa shape index (κ1) is 19.1. The average Bonchev–Trinajstić information content (AvgIpc) is 2.67. The Morgan fingerprint density at radius 1 is 1.15 bits per heavy atom. The molecule has 2 heterocycles. The predicted octanol–water partition coefficient (Wildman–Crippen LogP) is 2.95. The summed E-state index contributed by atoms with van der Waals surface area (Å²) in [6, 6.07) is 7.82. The Labute approximate surface area is 161 Å². The molecule has 0 radical (unpaired) electrons. The molecule has 1 N–H and O–H groups in total. The van der Waals surface area contributed by atoms with E-state index in [1.165, 1.54) is 19.3 Å². The number of amides is 1. The van der Waals surface area contributed by atoms with E-state index in [-0.39, 0.29) is 5.91 Å². The Morgan fingerprint density at radius 2 is 1.93 bits per heavy atom. The van der Waals surface area contributed by atoms with E-state index >= 15 is 0 Å². The molecule has 1 aliphatic rings.